The average molecular weight is 285 g/mol. The number of carbonyl (C=O) groups is 2. The van der Waals surface area contributed by atoms with Crippen LogP contribution in [0.15, 0.2) is 0 Å². The lowest BCUT2D eigenvalue weighted by molar-refractivity contribution is -0.158. The maximum absolute atomic E-state index is 12.4. The highest BCUT2D eigenvalue weighted by atomic mass is 16.5. The van der Waals surface area contributed by atoms with E-state index in [4.69, 9.17) is 4.74 Å². The number of ether oxygens (including phenoxy) is 1. The molecule has 118 valence electrons. The molecule has 0 amide bonds. The van der Waals surface area contributed by atoms with Crippen LogP contribution in [0, 0.1) is 5.41 Å². The van der Waals surface area contributed by atoms with Crippen molar-refractivity contribution in [3.05, 3.63) is 0 Å². The van der Waals surface area contributed by atoms with Gasteiger partial charge in [-0.2, -0.15) is 0 Å². The Morgan fingerprint density at radius 2 is 1.75 bits per heavy atom. The number of hydrogen-bond acceptors (Lipinski definition) is 4. The van der Waals surface area contributed by atoms with E-state index < -0.39 is 11.4 Å². The number of rotatable bonds is 10. The Morgan fingerprint density at radius 1 is 1.15 bits per heavy atom. The van der Waals surface area contributed by atoms with Crippen LogP contribution in [0.25, 0.3) is 0 Å². The van der Waals surface area contributed by atoms with Gasteiger partial charge in [-0.15, -0.1) is 0 Å². The van der Waals surface area contributed by atoms with E-state index >= 15 is 0 Å². The molecule has 0 aliphatic rings. The third kappa shape index (κ3) is 6.04. The molecule has 0 aliphatic heterocycles. The van der Waals surface area contributed by atoms with Gasteiger partial charge in [0.05, 0.1) is 13.2 Å². The van der Waals surface area contributed by atoms with Crippen molar-refractivity contribution in [3.63, 3.8) is 0 Å². The Labute approximate surface area is 123 Å². The highest BCUT2D eigenvalue weighted by Crippen LogP contribution is 2.20. The Hall–Kier alpha value is -0.900. The van der Waals surface area contributed by atoms with Gasteiger partial charge < -0.3 is 4.74 Å². The van der Waals surface area contributed by atoms with Crippen molar-refractivity contribution < 1.29 is 14.3 Å². The summed E-state index contributed by atoms with van der Waals surface area (Å²) in [6, 6.07) is 0.300. The van der Waals surface area contributed by atoms with Crippen LogP contribution >= 0.6 is 0 Å². The highest BCUT2D eigenvalue weighted by Gasteiger charge is 2.38. The van der Waals surface area contributed by atoms with E-state index in [9.17, 15) is 9.59 Å². The molecule has 0 radical (unpaired) electrons. The van der Waals surface area contributed by atoms with E-state index in [-0.39, 0.29) is 5.78 Å². The van der Waals surface area contributed by atoms with Gasteiger partial charge in [-0.05, 0) is 47.6 Å². The summed E-state index contributed by atoms with van der Waals surface area (Å²) in [5.74, 6) is -0.497. The van der Waals surface area contributed by atoms with Crippen LogP contribution < -0.4 is 0 Å². The normalized spacial score (nSPS) is 12.0. The average Bonchev–Trinajstić information content (AvgIpc) is 2.37. The van der Waals surface area contributed by atoms with Crippen molar-refractivity contribution in [2.24, 2.45) is 5.41 Å². The van der Waals surface area contributed by atoms with Gasteiger partial charge in [0.2, 0.25) is 0 Å². The number of carbonyl (C=O) groups excluding carboxylic acids is 2. The van der Waals surface area contributed by atoms with Gasteiger partial charge >= 0.3 is 5.97 Å². The molecule has 0 unspecified atom stereocenters. The SMILES string of the molecule is CCCCCN(CC(=O)C(C)(C)C(=O)OCC)C(C)C. The molecule has 0 fully saturated rings. The topological polar surface area (TPSA) is 46.6 Å². The van der Waals surface area contributed by atoms with E-state index in [2.05, 4.69) is 25.7 Å². The minimum absolute atomic E-state index is 0.0684. The molecular formula is C16H31NO3. The van der Waals surface area contributed by atoms with E-state index in [1.54, 1.807) is 20.8 Å². The fraction of sp³-hybridized carbons (Fsp3) is 0.875. The number of Topliss-reactive ketones (excluding diaryl/α,β-unsaturated/α-hetero) is 1. The van der Waals surface area contributed by atoms with Crippen LogP contribution in [0.3, 0.4) is 0 Å². The van der Waals surface area contributed by atoms with Gasteiger partial charge in [-0.3, -0.25) is 14.5 Å². The number of ketones is 1. The molecule has 0 aromatic carbocycles. The first kappa shape index (κ1) is 19.1. The van der Waals surface area contributed by atoms with Crippen LogP contribution in [0.2, 0.25) is 0 Å². The summed E-state index contributed by atoms with van der Waals surface area (Å²) in [6.07, 6.45) is 3.41. The summed E-state index contributed by atoms with van der Waals surface area (Å²) in [7, 11) is 0. The maximum atomic E-state index is 12.4. The van der Waals surface area contributed by atoms with Crippen molar-refractivity contribution in [3.8, 4) is 0 Å². The largest absolute Gasteiger partial charge is 0.465 e. The summed E-state index contributed by atoms with van der Waals surface area (Å²) in [6.45, 7) is 12.9. The fourth-order valence-electron chi connectivity index (χ4n) is 1.89. The minimum atomic E-state index is -1.06. The summed E-state index contributed by atoms with van der Waals surface area (Å²) in [4.78, 5) is 26.4. The Bertz CT molecular complexity index is 311. The number of hydrogen-bond donors (Lipinski definition) is 0. The first-order chi connectivity index (χ1) is 9.27. The minimum Gasteiger partial charge on any atom is -0.465 e. The Morgan fingerprint density at radius 3 is 2.20 bits per heavy atom. The molecule has 0 aliphatic carbocycles. The summed E-state index contributed by atoms with van der Waals surface area (Å²) >= 11 is 0. The van der Waals surface area contributed by atoms with Crippen molar-refractivity contribution >= 4 is 11.8 Å². The number of unbranched alkanes of at least 4 members (excludes halogenated alkanes) is 2. The zero-order valence-corrected chi connectivity index (χ0v) is 14.0. The smallest absolute Gasteiger partial charge is 0.319 e. The van der Waals surface area contributed by atoms with Crippen molar-refractivity contribution in [1.82, 2.24) is 4.90 Å². The van der Waals surface area contributed by atoms with E-state index in [1.165, 1.54) is 6.42 Å². The van der Waals surface area contributed by atoms with Gasteiger partial charge in [0.25, 0.3) is 0 Å². The van der Waals surface area contributed by atoms with Crippen LogP contribution in [0.4, 0.5) is 0 Å². The second kappa shape index (κ2) is 9.11. The molecule has 0 saturated carbocycles. The van der Waals surface area contributed by atoms with Gasteiger partial charge in [-0.1, -0.05) is 19.8 Å². The Kier molecular flexibility index (Phi) is 8.70. The third-order valence-corrected chi connectivity index (χ3v) is 3.61. The standard InChI is InChI=1S/C16H31NO3/c1-7-9-10-11-17(13(3)4)12-14(18)16(5,6)15(19)20-8-2/h13H,7-12H2,1-6H3. The molecule has 0 heterocycles. The predicted molar refractivity (Wildman–Crippen MR) is 81.7 cm³/mol. The van der Waals surface area contributed by atoms with Crippen molar-refractivity contribution in [2.75, 3.05) is 19.7 Å². The highest BCUT2D eigenvalue weighted by molar-refractivity contribution is 6.03. The quantitative estimate of drug-likeness (QED) is 0.351. The lowest BCUT2D eigenvalue weighted by Gasteiger charge is -2.29. The molecular weight excluding hydrogens is 254 g/mol. The lowest BCUT2D eigenvalue weighted by Crippen LogP contribution is -2.44. The monoisotopic (exact) mass is 285 g/mol. The summed E-state index contributed by atoms with van der Waals surface area (Å²) in [5, 5.41) is 0. The molecule has 20 heavy (non-hydrogen) atoms. The molecule has 4 heteroatoms. The van der Waals surface area contributed by atoms with Gasteiger partial charge in [0.1, 0.15) is 5.41 Å². The summed E-state index contributed by atoms with van der Waals surface area (Å²) in [5.41, 5.74) is -1.06. The second-order valence-corrected chi connectivity index (χ2v) is 6.04. The van der Waals surface area contributed by atoms with Gasteiger partial charge in [0.15, 0.2) is 5.78 Å². The molecule has 0 aromatic rings. The van der Waals surface area contributed by atoms with Gasteiger partial charge in [0, 0.05) is 6.04 Å². The second-order valence-electron chi connectivity index (χ2n) is 6.04. The first-order valence-electron chi connectivity index (χ1n) is 7.71. The first-order valence-corrected chi connectivity index (χ1v) is 7.71. The predicted octanol–water partition coefficient (Wildman–Crippen LogP) is 3.05. The van der Waals surface area contributed by atoms with Crippen molar-refractivity contribution in [1.29, 1.82) is 0 Å². The lowest BCUT2D eigenvalue weighted by atomic mass is 9.87. The fourth-order valence-corrected chi connectivity index (χ4v) is 1.89. The van der Waals surface area contributed by atoms with Crippen LogP contribution in [0.5, 0.6) is 0 Å². The molecule has 0 N–H and O–H groups in total. The molecule has 0 bridgehead atoms. The van der Waals surface area contributed by atoms with Crippen molar-refractivity contribution in [2.45, 2.75) is 66.8 Å². The Balaban J connectivity index is 4.61. The molecule has 0 spiro atoms. The molecule has 0 saturated heterocycles. The maximum Gasteiger partial charge on any atom is 0.319 e. The van der Waals surface area contributed by atoms with Crippen LogP contribution in [-0.4, -0.2) is 42.4 Å². The van der Waals surface area contributed by atoms with E-state index in [1.807, 2.05) is 0 Å². The van der Waals surface area contributed by atoms with Gasteiger partial charge in [-0.25, -0.2) is 0 Å². The van der Waals surface area contributed by atoms with Crippen LogP contribution in [-0.2, 0) is 14.3 Å². The number of nitrogens with zero attached hydrogens (tertiary/aromatic N) is 1. The molecule has 0 atom stereocenters. The van der Waals surface area contributed by atoms with Crippen LogP contribution in [0.1, 0.15) is 60.8 Å². The molecule has 4 nitrogen and oxygen atoms in total. The summed E-state index contributed by atoms with van der Waals surface area (Å²) < 4.78 is 4.99. The third-order valence-electron chi connectivity index (χ3n) is 3.61. The van der Waals surface area contributed by atoms with E-state index in [0.717, 1.165) is 19.4 Å². The molecule has 0 rings (SSSR count). The molecule has 0 aromatic heterocycles. The zero-order valence-electron chi connectivity index (χ0n) is 14.0. The number of esters is 1. The zero-order chi connectivity index (χ0) is 15.8. The van der Waals surface area contributed by atoms with E-state index in [0.29, 0.717) is 19.2 Å².